The largest absolute Gasteiger partial charge is 0.307 e. The zero-order chi connectivity index (χ0) is 13.2. The number of aldehydes is 1. The molecule has 1 N–H and O–H groups in total. The van der Waals surface area contributed by atoms with Gasteiger partial charge in [0.05, 0.1) is 0 Å². The molecule has 0 saturated heterocycles. The van der Waals surface area contributed by atoms with Crippen molar-refractivity contribution in [2.45, 2.75) is 31.8 Å². The predicted octanol–water partition coefficient (Wildman–Crippen LogP) is 3.47. The third kappa shape index (κ3) is 2.41. The van der Waals surface area contributed by atoms with Crippen molar-refractivity contribution in [2.24, 2.45) is 5.92 Å². The zero-order valence-electron chi connectivity index (χ0n) is 11.2. The van der Waals surface area contributed by atoms with Gasteiger partial charge in [0.25, 0.3) is 0 Å². The smallest absolute Gasteiger partial charge is 0.123 e. The van der Waals surface area contributed by atoms with Gasteiger partial charge in [-0.15, -0.1) is 0 Å². The van der Waals surface area contributed by atoms with Crippen molar-refractivity contribution in [3.05, 3.63) is 48.0 Å². The molecule has 0 aromatic heterocycles. The van der Waals surface area contributed by atoms with Crippen LogP contribution in [-0.2, 0) is 4.79 Å². The van der Waals surface area contributed by atoms with Crippen molar-refractivity contribution >= 4 is 17.1 Å². The maximum atomic E-state index is 10.6. The van der Waals surface area contributed by atoms with E-state index in [0.29, 0.717) is 12.1 Å². The molecule has 0 bridgehead atoms. The number of hydrogen-bond acceptors (Lipinski definition) is 2. The summed E-state index contributed by atoms with van der Waals surface area (Å²) in [6, 6.07) is 15.8. The summed E-state index contributed by atoms with van der Waals surface area (Å²) in [6.45, 7) is 2.20. The molecule has 98 valence electrons. The van der Waals surface area contributed by atoms with Crippen LogP contribution in [-0.4, -0.2) is 12.3 Å². The maximum absolute atomic E-state index is 10.6. The SMILES string of the molecule is C[C@@H](NC1CC(C=O)C1)c1cccc2ccccc12. The Balaban J connectivity index is 1.78. The van der Waals surface area contributed by atoms with Crippen LogP contribution < -0.4 is 5.32 Å². The summed E-state index contributed by atoms with van der Waals surface area (Å²) >= 11 is 0. The Morgan fingerprint density at radius 3 is 2.68 bits per heavy atom. The van der Waals surface area contributed by atoms with E-state index in [1.54, 1.807) is 0 Å². The van der Waals surface area contributed by atoms with Gasteiger partial charge in [0.2, 0.25) is 0 Å². The van der Waals surface area contributed by atoms with Gasteiger partial charge in [-0.1, -0.05) is 42.5 Å². The highest BCUT2D eigenvalue weighted by Crippen LogP contribution is 2.30. The van der Waals surface area contributed by atoms with Crippen LogP contribution >= 0.6 is 0 Å². The van der Waals surface area contributed by atoms with E-state index in [4.69, 9.17) is 0 Å². The average Bonchev–Trinajstić information content (AvgIpc) is 2.41. The Morgan fingerprint density at radius 2 is 1.89 bits per heavy atom. The van der Waals surface area contributed by atoms with Crippen LogP contribution in [0.1, 0.15) is 31.4 Å². The Labute approximate surface area is 113 Å². The van der Waals surface area contributed by atoms with Crippen molar-refractivity contribution < 1.29 is 4.79 Å². The van der Waals surface area contributed by atoms with Crippen LogP contribution in [0.4, 0.5) is 0 Å². The summed E-state index contributed by atoms with van der Waals surface area (Å²) in [4.78, 5) is 10.6. The molecule has 3 rings (SSSR count). The lowest BCUT2D eigenvalue weighted by molar-refractivity contribution is -0.113. The Kier molecular flexibility index (Phi) is 3.34. The first-order chi connectivity index (χ1) is 9.28. The molecule has 0 heterocycles. The van der Waals surface area contributed by atoms with Crippen LogP contribution in [0.5, 0.6) is 0 Å². The van der Waals surface area contributed by atoms with E-state index in [2.05, 4.69) is 54.7 Å². The van der Waals surface area contributed by atoms with Gasteiger partial charge in [-0.2, -0.15) is 0 Å². The van der Waals surface area contributed by atoms with E-state index in [1.807, 2.05) is 0 Å². The maximum Gasteiger partial charge on any atom is 0.123 e. The highest BCUT2D eigenvalue weighted by molar-refractivity contribution is 5.86. The number of rotatable bonds is 4. The Bertz CT molecular complexity index is 581. The fraction of sp³-hybridized carbons (Fsp3) is 0.353. The lowest BCUT2D eigenvalue weighted by Gasteiger charge is -2.35. The first kappa shape index (κ1) is 12.4. The van der Waals surface area contributed by atoms with E-state index in [9.17, 15) is 4.79 Å². The van der Waals surface area contributed by atoms with Crippen LogP contribution in [0, 0.1) is 5.92 Å². The van der Waals surface area contributed by atoms with Gasteiger partial charge in [0.1, 0.15) is 6.29 Å². The molecule has 0 radical (unpaired) electrons. The number of fused-ring (bicyclic) bond motifs is 1. The summed E-state index contributed by atoms with van der Waals surface area (Å²) < 4.78 is 0. The van der Waals surface area contributed by atoms with Crippen LogP contribution in [0.3, 0.4) is 0 Å². The lowest BCUT2D eigenvalue weighted by atomic mass is 9.81. The van der Waals surface area contributed by atoms with E-state index in [1.165, 1.54) is 16.3 Å². The molecular formula is C17H19NO. The van der Waals surface area contributed by atoms with E-state index >= 15 is 0 Å². The second kappa shape index (κ2) is 5.14. The number of hydrogen-bond donors (Lipinski definition) is 1. The summed E-state index contributed by atoms with van der Waals surface area (Å²) in [5.74, 6) is 0.275. The van der Waals surface area contributed by atoms with Crippen molar-refractivity contribution in [3.63, 3.8) is 0 Å². The Morgan fingerprint density at radius 1 is 1.16 bits per heavy atom. The number of carbonyl (C=O) groups is 1. The summed E-state index contributed by atoms with van der Waals surface area (Å²) in [6.07, 6.45) is 3.05. The number of nitrogens with one attached hydrogen (secondary N) is 1. The first-order valence-electron chi connectivity index (χ1n) is 6.97. The van der Waals surface area contributed by atoms with Crippen molar-refractivity contribution in [1.29, 1.82) is 0 Å². The lowest BCUT2D eigenvalue weighted by Crippen LogP contribution is -2.42. The fourth-order valence-corrected chi connectivity index (χ4v) is 2.98. The van der Waals surface area contributed by atoms with E-state index in [0.717, 1.165) is 19.1 Å². The van der Waals surface area contributed by atoms with Gasteiger partial charge in [0, 0.05) is 18.0 Å². The van der Waals surface area contributed by atoms with E-state index < -0.39 is 0 Å². The normalized spacial score (nSPS) is 23.8. The molecule has 1 aliphatic carbocycles. The molecule has 0 aliphatic heterocycles. The quantitative estimate of drug-likeness (QED) is 0.845. The highest BCUT2D eigenvalue weighted by Gasteiger charge is 2.29. The molecule has 1 saturated carbocycles. The molecule has 0 spiro atoms. The van der Waals surface area contributed by atoms with Crippen molar-refractivity contribution in [2.75, 3.05) is 0 Å². The monoisotopic (exact) mass is 253 g/mol. The van der Waals surface area contributed by atoms with Gasteiger partial charge >= 0.3 is 0 Å². The molecule has 1 aliphatic rings. The summed E-state index contributed by atoms with van der Waals surface area (Å²) in [5.41, 5.74) is 1.34. The molecule has 19 heavy (non-hydrogen) atoms. The van der Waals surface area contributed by atoms with Crippen molar-refractivity contribution in [3.8, 4) is 0 Å². The molecule has 2 nitrogen and oxygen atoms in total. The van der Waals surface area contributed by atoms with Gasteiger partial charge in [0.15, 0.2) is 0 Å². The minimum Gasteiger partial charge on any atom is -0.307 e. The second-order valence-electron chi connectivity index (χ2n) is 5.52. The van der Waals surface area contributed by atoms with Gasteiger partial charge < -0.3 is 10.1 Å². The van der Waals surface area contributed by atoms with Crippen LogP contribution in [0.2, 0.25) is 0 Å². The standard InChI is InChI=1S/C17H19NO/c1-12(18-15-9-13(10-15)11-19)16-8-4-6-14-5-2-3-7-17(14)16/h2-8,11-13,15,18H,9-10H2,1H3/t12-,13?,15?/m1/s1. The minimum atomic E-state index is 0.275. The molecule has 0 unspecified atom stereocenters. The average molecular weight is 253 g/mol. The van der Waals surface area contributed by atoms with Crippen molar-refractivity contribution in [1.82, 2.24) is 5.32 Å². The highest BCUT2D eigenvalue weighted by atomic mass is 16.1. The van der Waals surface area contributed by atoms with Gasteiger partial charge in [-0.25, -0.2) is 0 Å². The zero-order valence-corrected chi connectivity index (χ0v) is 11.2. The summed E-state index contributed by atoms with van der Waals surface area (Å²) in [5, 5.41) is 6.23. The van der Waals surface area contributed by atoms with Crippen LogP contribution in [0.25, 0.3) is 10.8 Å². The third-order valence-corrected chi connectivity index (χ3v) is 4.14. The molecule has 1 atom stereocenters. The number of benzene rings is 2. The molecule has 2 aromatic carbocycles. The van der Waals surface area contributed by atoms with Crippen LogP contribution in [0.15, 0.2) is 42.5 Å². The first-order valence-corrected chi connectivity index (χ1v) is 6.97. The second-order valence-corrected chi connectivity index (χ2v) is 5.52. The Hall–Kier alpha value is -1.67. The number of carbonyl (C=O) groups excluding carboxylic acids is 1. The molecule has 2 heteroatoms. The van der Waals surface area contributed by atoms with Gasteiger partial charge in [-0.3, -0.25) is 0 Å². The predicted molar refractivity (Wildman–Crippen MR) is 78.1 cm³/mol. The molecular weight excluding hydrogens is 234 g/mol. The molecule has 1 fully saturated rings. The third-order valence-electron chi connectivity index (χ3n) is 4.14. The minimum absolute atomic E-state index is 0.275. The molecule has 0 amide bonds. The van der Waals surface area contributed by atoms with Gasteiger partial charge in [-0.05, 0) is 36.1 Å². The van der Waals surface area contributed by atoms with E-state index in [-0.39, 0.29) is 5.92 Å². The topological polar surface area (TPSA) is 29.1 Å². The summed E-state index contributed by atoms with van der Waals surface area (Å²) in [7, 11) is 0. The molecule has 2 aromatic rings. The fourth-order valence-electron chi connectivity index (χ4n) is 2.98.